The second-order valence-electron chi connectivity index (χ2n) is 8.51. The van der Waals surface area contributed by atoms with Crippen molar-refractivity contribution in [2.75, 3.05) is 41.4 Å². The number of nitrogens with two attached hydrogens (primary N) is 1. The highest BCUT2D eigenvalue weighted by Crippen LogP contribution is 2.34. The molecule has 0 bridgehead atoms. The van der Waals surface area contributed by atoms with Crippen LogP contribution < -0.4 is 26.6 Å². The van der Waals surface area contributed by atoms with Crippen LogP contribution in [0.4, 0.5) is 36.4 Å². The van der Waals surface area contributed by atoms with Gasteiger partial charge in [-0.05, 0) is 49.6 Å². The van der Waals surface area contributed by atoms with Gasteiger partial charge in [-0.2, -0.15) is 18.2 Å². The number of carbonyl (C=O) groups is 1. The lowest BCUT2D eigenvalue weighted by Crippen LogP contribution is -2.19. The molecule has 190 valence electrons. The minimum absolute atomic E-state index is 0.00538. The van der Waals surface area contributed by atoms with Gasteiger partial charge in [-0.1, -0.05) is 0 Å². The third-order valence-corrected chi connectivity index (χ3v) is 5.79. The normalized spacial score (nSPS) is 14.9. The number of nitrogen functional groups attached to an aromatic ring is 1. The molecule has 1 amide bonds. The third kappa shape index (κ3) is 5.75. The number of anilines is 4. The van der Waals surface area contributed by atoms with Crippen LogP contribution >= 0.6 is 0 Å². The van der Waals surface area contributed by atoms with Gasteiger partial charge in [0.05, 0.1) is 23.3 Å². The Morgan fingerprint density at radius 1 is 1.17 bits per heavy atom. The fourth-order valence-electron chi connectivity index (χ4n) is 4.00. The highest BCUT2D eigenvalue weighted by Gasteiger charge is 2.31. The minimum Gasteiger partial charge on any atom is -0.399 e. The number of aromatic nitrogens is 3. The molecule has 0 spiro atoms. The van der Waals surface area contributed by atoms with Crippen LogP contribution in [-0.2, 0) is 11.0 Å². The lowest BCUT2D eigenvalue weighted by Gasteiger charge is -2.20. The summed E-state index contributed by atoms with van der Waals surface area (Å²) in [6.07, 6.45) is 1.95. The maximum Gasteiger partial charge on any atom is 0.416 e. The molecular weight excluding hydrogens is 473 g/mol. The first kappa shape index (κ1) is 25.0. The van der Waals surface area contributed by atoms with E-state index in [2.05, 4.69) is 35.8 Å². The summed E-state index contributed by atoms with van der Waals surface area (Å²) < 4.78 is 40.0. The van der Waals surface area contributed by atoms with E-state index < -0.39 is 23.7 Å². The summed E-state index contributed by atoms with van der Waals surface area (Å²) in [4.78, 5) is 27.7. The molecule has 1 aliphatic rings. The number of amides is 1. The first-order chi connectivity index (χ1) is 17.1. The molecule has 0 unspecified atom stereocenters. The van der Waals surface area contributed by atoms with E-state index in [1.54, 1.807) is 20.2 Å². The van der Waals surface area contributed by atoms with Crippen LogP contribution in [0.3, 0.4) is 0 Å². The summed E-state index contributed by atoms with van der Waals surface area (Å²) >= 11 is 0. The Kier molecular flexibility index (Phi) is 7.13. The summed E-state index contributed by atoms with van der Waals surface area (Å²) in [5, 5.41) is 9.12. The third-order valence-electron chi connectivity index (χ3n) is 5.79. The molecule has 2 aromatic heterocycles. The predicted molar refractivity (Wildman–Crippen MR) is 134 cm³/mol. The van der Waals surface area contributed by atoms with Gasteiger partial charge >= 0.3 is 6.18 Å². The quantitative estimate of drug-likeness (QED) is 0.283. The van der Waals surface area contributed by atoms with E-state index in [0.29, 0.717) is 22.3 Å². The van der Waals surface area contributed by atoms with E-state index in [0.717, 1.165) is 43.9 Å². The molecule has 1 saturated heterocycles. The number of halogens is 3. The van der Waals surface area contributed by atoms with Crippen molar-refractivity contribution in [2.24, 2.45) is 0 Å². The van der Waals surface area contributed by atoms with Gasteiger partial charge in [-0.25, -0.2) is 9.97 Å². The molecule has 12 heteroatoms. The second kappa shape index (κ2) is 10.3. The Morgan fingerprint density at radius 3 is 2.61 bits per heavy atom. The van der Waals surface area contributed by atoms with Crippen molar-refractivity contribution in [3.63, 3.8) is 0 Å². The maximum absolute atomic E-state index is 13.3. The Bertz CT molecular complexity index is 1290. The van der Waals surface area contributed by atoms with Crippen molar-refractivity contribution in [1.29, 1.82) is 0 Å². The summed E-state index contributed by atoms with van der Waals surface area (Å²) in [7, 11) is 1.66. The molecule has 3 aromatic rings. The number of nitrogens with zero attached hydrogens (tertiary/aromatic N) is 4. The smallest absolute Gasteiger partial charge is 0.399 e. The van der Waals surface area contributed by atoms with Crippen LogP contribution in [0.1, 0.15) is 36.9 Å². The lowest BCUT2D eigenvalue weighted by atomic mass is 10.0. The van der Waals surface area contributed by atoms with E-state index in [1.807, 2.05) is 6.07 Å². The largest absolute Gasteiger partial charge is 0.416 e. The number of carbonyl (C=O) groups excluding carboxylic acids is 1. The standard InChI is InChI=1S/C24H27F3N8O/c1-14(15-9-16(24(25,26)27)11-17(28)10-15)31-22-18-12-20(35-7-3-4-8-35)30-13-19(18)32-23(34-22)33-21(36)5-6-29-2/h5-6,9-14,29H,3-4,7-8,28H2,1-2H3,(H2,31,32,33,34,36)/t14-/m1/s1. The van der Waals surface area contributed by atoms with Crippen LogP contribution in [-0.4, -0.2) is 41.0 Å². The van der Waals surface area contributed by atoms with Crippen molar-refractivity contribution < 1.29 is 18.0 Å². The highest BCUT2D eigenvalue weighted by atomic mass is 19.4. The molecule has 0 radical (unpaired) electrons. The zero-order valence-electron chi connectivity index (χ0n) is 19.9. The Balaban J connectivity index is 1.73. The predicted octanol–water partition coefficient (Wildman–Crippen LogP) is 4.07. The van der Waals surface area contributed by atoms with Gasteiger partial charge in [0.1, 0.15) is 11.6 Å². The van der Waals surface area contributed by atoms with Gasteiger partial charge in [-0.3, -0.25) is 10.1 Å². The maximum atomic E-state index is 13.3. The first-order valence-corrected chi connectivity index (χ1v) is 11.5. The molecule has 3 heterocycles. The van der Waals surface area contributed by atoms with E-state index in [-0.39, 0.29) is 11.6 Å². The highest BCUT2D eigenvalue weighted by molar-refractivity contribution is 5.99. The summed E-state index contributed by atoms with van der Waals surface area (Å²) in [6.45, 7) is 3.47. The number of alkyl halides is 3. The molecule has 0 aliphatic carbocycles. The molecule has 36 heavy (non-hydrogen) atoms. The number of pyridine rings is 1. The number of rotatable bonds is 7. The monoisotopic (exact) mass is 500 g/mol. The van der Waals surface area contributed by atoms with E-state index in [9.17, 15) is 18.0 Å². The van der Waals surface area contributed by atoms with Crippen molar-refractivity contribution in [1.82, 2.24) is 20.3 Å². The van der Waals surface area contributed by atoms with Crippen LogP contribution in [0, 0.1) is 0 Å². The molecular formula is C24H27F3N8O. The molecule has 9 nitrogen and oxygen atoms in total. The minimum atomic E-state index is -4.53. The first-order valence-electron chi connectivity index (χ1n) is 11.5. The molecule has 5 N–H and O–H groups in total. The van der Waals surface area contributed by atoms with Crippen LogP contribution in [0.2, 0.25) is 0 Å². The van der Waals surface area contributed by atoms with Crippen molar-refractivity contribution in [2.45, 2.75) is 32.0 Å². The lowest BCUT2D eigenvalue weighted by molar-refractivity contribution is -0.137. The molecule has 1 aliphatic heterocycles. The van der Waals surface area contributed by atoms with E-state index in [4.69, 9.17) is 5.73 Å². The molecule has 1 atom stereocenters. The fourth-order valence-corrected chi connectivity index (χ4v) is 4.00. The summed E-state index contributed by atoms with van der Waals surface area (Å²) in [6, 6.07) is 4.70. The molecule has 1 aromatic carbocycles. The van der Waals surface area contributed by atoms with Gasteiger partial charge in [-0.15, -0.1) is 0 Å². The average molecular weight is 501 g/mol. The summed E-state index contributed by atoms with van der Waals surface area (Å²) in [5.74, 6) is 0.688. The average Bonchev–Trinajstić information content (AvgIpc) is 3.36. The topological polar surface area (TPSA) is 121 Å². The Hall–Kier alpha value is -4.09. The van der Waals surface area contributed by atoms with E-state index >= 15 is 0 Å². The van der Waals surface area contributed by atoms with Crippen LogP contribution in [0.5, 0.6) is 0 Å². The van der Waals surface area contributed by atoms with Crippen molar-refractivity contribution in [3.8, 4) is 0 Å². The summed E-state index contributed by atoms with van der Waals surface area (Å²) in [5.41, 5.74) is 5.75. The van der Waals surface area contributed by atoms with Gasteiger partial charge < -0.3 is 21.3 Å². The van der Waals surface area contributed by atoms with Gasteiger partial charge in [0.25, 0.3) is 5.91 Å². The number of fused-ring (bicyclic) bond motifs is 1. The SMILES string of the molecule is CNC=CC(=O)Nc1nc(N[C@H](C)c2cc(N)cc(C(F)(F)F)c2)c2cc(N3CCCC3)ncc2n1. The second-order valence-corrected chi connectivity index (χ2v) is 8.51. The van der Waals surface area contributed by atoms with Gasteiger partial charge in [0, 0.05) is 43.5 Å². The molecule has 0 saturated carbocycles. The van der Waals surface area contributed by atoms with Crippen molar-refractivity contribution >= 4 is 40.1 Å². The van der Waals surface area contributed by atoms with Gasteiger partial charge in [0.2, 0.25) is 5.95 Å². The molecule has 1 fully saturated rings. The Labute approximate surface area is 206 Å². The van der Waals surface area contributed by atoms with E-state index in [1.165, 1.54) is 18.3 Å². The molecule has 4 rings (SSSR count). The van der Waals surface area contributed by atoms with Gasteiger partial charge in [0.15, 0.2) is 0 Å². The zero-order chi connectivity index (χ0) is 25.9. The van der Waals surface area contributed by atoms with Crippen LogP contribution in [0.15, 0.2) is 42.7 Å². The number of hydrogen-bond donors (Lipinski definition) is 4. The number of benzene rings is 1. The number of hydrogen-bond acceptors (Lipinski definition) is 8. The van der Waals surface area contributed by atoms with Crippen LogP contribution in [0.25, 0.3) is 10.9 Å². The number of nitrogens with one attached hydrogen (secondary N) is 3. The Morgan fingerprint density at radius 2 is 1.92 bits per heavy atom. The zero-order valence-corrected chi connectivity index (χ0v) is 19.9. The van der Waals surface area contributed by atoms with Crippen molar-refractivity contribution in [3.05, 3.63) is 53.9 Å². The fraction of sp³-hybridized carbons (Fsp3) is 0.333.